The molecule has 1 rings (SSSR count). The second-order valence-electron chi connectivity index (χ2n) is 5.36. The van der Waals surface area contributed by atoms with E-state index in [4.69, 9.17) is 0 Å². The van der Waals surface area contributed by atoms with E-state index in [1.165, 1.54) is 11.3 Å². The fraction of sp³-hybridized carbons (Fsp3) is 0.714. The Kier molecular flexibility index (Phi) is 7.72. The van der Waals surface area contributed by atoms with E-state index in [0.717, 1.165) is 37.2 Å². The molecule has 0 aromatic carbocycles. The largest absolute Gasteiger partial charge is 0.312 e. The second-order valence-corrected chi connectivity index (χ2v) is 8.12. The van der Waals surface area contributed by atoms with E-state index in [1.807, 2.05) is 0 Å². The lowest BCUT2D eigenvalue weighted by molar-refractivity contribution is 0.540. The van der Waals surface area contributed by atoms with Crippen molar-refractivity contribution in [3.8, 4) is 0 Å². The van der Waals surface area contributed by atoms with Gasteiger partial charge in [0.25, 0.3) is 0 Å². The molecule has 2 N–H and O–H groups in total. The summed E-state index contributed by atoms with van der Waals surface area (Å²) in [6.45, 7) is 8.60. The van der Waals surface area contributed by atoms with Crippen LogP contribution in [0.1, 0.15) is 44.9 Å². The average Bonchev–Trinajstić information content (AvgIpc) is 2.84. The van der Waals surface area contributed by atoms with Crippen LogP contribution in [-0.2, 0) is 16.6 Å². The molecule has 1 aromatic heterocycles. The number of sulfonamides is 1. The molecule has 0 unspecified atom stereocenters. The monoisotopic (exact) mass is 318 g/mol. The third kappa shape index (κ3) is 6.35. The van der Waals surface area contributed by atoms with Gasteiger partial charge in [-0.1, -0.05) is 20.8 Å². The van der Waals surface area contributed by atoms with Crippen molar-refractivity contribution in [3.63, 3.8) is 0 Å². The summed E-state index contributed by atoms with van der Waals surface area (Å²) in [5.41, 5.74) is 0. The zero-order valence-electron chi connectivity index (χ0n) is 12.6. The van der Waals surface area contributed by atoms with Crippen molar-refractivity contribution in [1.82, 2.24) is 10.0 Å². The lowest BCUT2D eigenvalue weighted by atomic mass is 10.1. The standard InChI is InChI=1S/C14H26N2O2S2/c1-4-7-15-10-13-9-14(11-19-13)20(17,18)16-8-5-6-12(2)3/h9,11-12,15-16H,4-8,10H2,1-3H3. The lowest BCUT2D eigenvalue weighted by Gasteiger charge is -2.06. The van der Waals surface area contributed by atoms with Crippen molar-refractivity contribution in [3.05, 3.63) is 16.3 Å². The third-order valence-corrected chi connectivity index (χ3v) is 5.44. The fourth-order valence-electron chi connectivity index (χ4n) is 1.78. The van der Waals surface area contributed by atoms with Crippen LogP contribution in [0.15, 0.2) is 16.3 Å². The minimum atomic E-state index is -3.34. The molecule has 0 saturated carbocycles. The molecule has 0 aliphatic carbocycles. The van der Waals surface area contributed by atoms with Crippen molar-refractivity contribution in [2.24, 2.45) is 5.92 Å². The summed E-state index contributed by atoms with van der Waals surface area (Å²) in [5.74, 6) is 0.608. The first-order valence-corrected chi connectivity index (χ1v) is 9.59. The minimum absolute atomic E-state index is 0.389. The van der Waals surface area contributed by atoms with E-state index in [1.54, 1.807) is 11.4 Å². The Labute approximate surface area is 127 Å². The Morgan fingerprint density at radius 3 is 2.70 bits per heavy atom. The Morgan fingerprint density at radius 1 is 1.30 bits per heavy atom. The lowest BCUT2D eigenvalue weighted by Crippen LogP contribution is -2.24. The van der Waals surface area contributed by atoms with Gasteiger partial charge in [-0.05, 0) is 37.8 Å². The van der Waals surface area contributed by atoms with Gasteiger partial charge in [0.2, 0.25) is 10.0 Å². The molecule has 0 amide bonds. The molecule has 0 spiro atoms. The topological polar surface area (TPSA) is 58.2 Å². The van der Waals surface area contributed by atoms with Gasteiger partial charge in [0.1, 0.15) is 0 Å². The van der Waals surface area contributed by atoms with Gasteiger partial charge < -0.3 is 5.32 Å². The van der Waals surface area contributed by atoms with Crippen LogP contribution in [0.3, 0.4) is 0 Å². The Morgan fingerprint density at radius 2 is 2.05 bits per heavy atom. The zero-order valence-corrected chi connectivity index (χ0v) is 14.2. The summed E-state index contributed by atoms with van der Waals surface area (Å²) in [5, 5.41) is 4.99. The molecule has 116 valence electrons. The molecule has 0 aliphatic rings. The fourth-order valence-corrected chi connectivity index (χ4v) is 4.10. The van der Waals surface area contributed by atoms with Crippen molar-refractivity contribution >= 4 is 21.4 Å². The Hall–Kier alpha value is -0.430. The number of nitrogens with one attached hydrogen (secondary N) is 2. The van der Waals surface area contributed by atoms with Gasteiger partial charge in [-0.2, -0.15) is 0 Å². The summed E-state index contributed by atoms with van der Waals surface area (Å²) in [7, 11) is -3.34. The van der Waals surface area contributed by atoms with Crippen LogP contribution in [0.5, 0.6) is 0 Å². The molecule has 20 heavy (non-hydrogen) atoms. The normalized spacial score (nSPS) is 12.2. The van der Waals surface area contributed by atoms with Crippen LogP contribution in [-0.4, -0.2) is 21.5 Å². The number of thiophene rings is 1. The van der Waals surface area contributed by atoms with Gasteiger partial charge in [-0.25, -0.2) is 13.1 Å². The first kappa shape index (κ1) is 17.6. The molecule has 0 radical (unpaired) electrons. The highest BCUT2D eigenvalue weighted by molar-refractivity contribution is 7.89. The van der Waals surface area contributed by atoms with Crippen LogP contribution in [0, 0.1) is 5.92 Å². The van der Waals surface area contributed by atoms with Crippen LogP contribution >= 0.6 is 11.3 Å². The highest BCUT2D eigenvalue weighted by Crippen LogP contribution is 2.19. The second kappa shape index (κ2) is 8.77. The Bertz CT molecular complexity index is 481. The molecule has 0 bridgehead atoms. The first-order valence-electron chi connectivity index (χ1n) is 7.23. The molecule has 0 saturated heterocycles. The predicted octanol–water partition coefficient (Wildman–Crippen LogP) is 2.96. The van der Waals surface area contributed by atoms with Crippen LogP contribution in [0.4, 0.5) is 0 Å². The van der Waals surface area contributed by atoms with E-state index in [0.29, 0.717) is 17.4 Å². The van der Waals surface area contributed by atoms with E-state index in [2.05, 4.69) is 30.8 Å². The predicted molar refractivity (Wildman–Crippen MR) is 85.6 cm³/mol. The van der Waals surface area contributed by atoms with Gasteiger partial charge >= 0.3 is 0 Å². The number of hydrogen-bond donors (Lipinski definition) is 2. The minimum Gasteiger partial charge on any atom is -0.312 e. The summed E-state index contributed by atoms with van der Waals surface area (Å²) >= 11 is 1.49. The van der Waals surface area contributed by atoms with Crippen molar-refractivity contribution in [2.75, 3.05) is 13.1 Å². The van der Waals surface area contributed by atoms with E-state index >= 15 is 0 Å². The highest BCUT2D eigenvalue weighted by Gasteiger charge is 2.15. The van der Waals surface area contributed by atoms with Gasteiger partial charge in [-0.15, -0.1) is 11.3 Å². The molecule has 4 nitrogen and oxygen atoms in total. The maximum atomic E-state index is 12.1. The van der Waals surface area contributed by atoms with Crippen LogP contribution < -0.4 is 10.0 Å². The van der Waals surface area contributed by atoms with Gasteiger partial charge in [0.15, 0.2) is 0 Å². The molecule has 0 aliphatic heterocycles. The number of rotatable bonds is 10. The quantitative estimate of drug-likeness (QED) is 0.652. The Balaban J connectivity index is 2.46. The van der Waals surface area contributed by atoms with E-state index in [9.17, 15) is 8.42 Å². The third-order valence-electron chi connectivity index (χ3n) is 2.92. The van der Waals surface area contributed by atoms with Crippen LogP contribution in [0.25, 0.3) is 0 Å². The van der Waals surface area contributed by atoms with Gasteiger partial charge in [0, 0.05) is 23.3 Å². The average molecular weight is 319 g/mol. The van der Waals surface area contributed by atoms with Crippen molar-refractivity contribution in [1.29, 1.82) is 0 Å². The molecular weight excluding hydrogens is 292 g/mol. The molecule has 6 heteroatoms. The molecular formula is C14H26N2O2S2. The molecule has 0 fully saturated rings. The smallest absolute Gasteiger partial charge is 0.241 e. The highest BCUT2D eigenvalue weighted by atomic mass is 32.2. The molecule has 1 heterocycles. The summed E-state index contributed by atoms with van der Waals surface area (Å²) in [4.78, 5) is 1.45. The maximum absolute atomic E-state index is 12.1. The van der Waals surface area contributed by atoms with E-state index < -0.39 is 10.0 Å². The van der Waals surface area contributed by atoms with Crippen molar-refractivity contribution < 1.29 is 8.42 Å². The summed E-state index contributed by atoms with van der Waals surface area (Å²) in [6.07, 6.45) is 3.00. The summed E-state index contributed by atoms with van der Waals surface area (Å²) < 4.78 is 26.9. The SMILES string of the molecule is CCCNCc1cc(S(=O)(=O)NCCCC(C)C)cs1. The van der Waals surface area contributed by atoms with Crippen LogP contribution in [0.2, 0.25) is 0 Å². The maximum Gasteiger partial charge on any atom is 0.241 e. The summed E-state index contributed by atoms with van der Waals surface area (Å²) in [6, 6.07) is 1.76. The van der Waals surface area contributed by atoms with E-state index in [-0.39, 0.29) is 0 Å². The molecule has 0 atom stereocenters. The molecule has 1 aromatic rings. The number of hydrogen-bond acceptors (Lipinski definition) is 4. The van der Waals surface area contributed by atoms with Crippen molar-refractivity contribution in [2.45, 2.75) is 51.5 Å². The zero-order chi connectivity index (χ0) is 15.0. The first-order chi connectivity index (χ1) is 9.45. The van der Waals surface area contributed by atoms with Gasteiger partial charge in [0.05, 0.1) is 4.90 Å². The van der Waals surface area contributed by atoms with Gasteiger partial charge in [-0.3, -0.25) is 0 Å².